The summed E-state index contributed by atoms with van der Waals surface area (Å²) in [7, 11) is 0. The van der Waals surface area contributed by atoms with E-state index in [2.05, 4.69) is 15.5 Å². The van der Waals surface area contributed by atoms with Crippen LogP contribution in [0.5, 0.6) is 0 Å². The summed E-state index contributed by atoms with van der Waals surface area (Å²) in [6.07, 6.45) is 2.18. The lowest BCUT2D eigenvalue weighted by molar-refractivity contribution is -0.115. The predicted octanol–water partition coefficient (Wildman–Crippen LogP) is 3.71. The van der Waals surface area contributed by atoms with Crippen LogP contribution in [-0.4, -0.2) is 39.2 Å². The molecule has 1 atom stereocenters. The highest BCUT2D eigenvalue weighted by Crippen LogP contribution is 2.31. The van der Waals surface area contributed by atoms with Crippen molar-refractivity contribution in [2.24, 2.45) is 0 Å². The van der Waals surface area contributed by atoms with Crippen molar-refractivity contribution >= 4 is 17.7 Å². The Balaban J connectivity index is 1.65. The molecule has 1 aromatic heterocycles. The van der Waals surface area contributed by atoms with Crippen LogP contribution < -0.4 is 5.32 Å². The molecule has 2 amide bonds. The fourth-order valence-electron chi connectivity index (χ4n) is 3.07. The summed E-state index contributed by atoms with van der Waals surface area (Å²) >= 11 is 0. The molecule has 1 unspecified atom stereocenters. The maximum atomic E-state index is 12.5. The molecule has 0 spiro atoms. The van der Waals surface area contributed by atoms with E-state index < -0.39 is 11.7 Å². The smallest absolute Gasteiger partial charge is 0.410 e. The fraction of sp³-hybridized carbons (Fsp3) is 0.500. The first-order valence-corrected chi connectivity index (χ1v) is 9.49. The van der Waals surface area contributed by atoms with Crippen LogP contribution in [0.3, 0.4) is 0 Å². The summed E-state index contributed by atoms with van der Waals surface area (Å²) in [6, 6.07) is 8.84. The first kappa shape index (κ1) is 19.9. The number of nitrogens with one attached hydrogen (secondary N) is 1. The Morgan fingerprint density at radius 1 is 1.25 bits per heavy atom. The summed E-state index contributed by atoms with van der Waals surface area (Å²) < 4.78 is 10.9. The molecule has 1 N–H and O–H groups in total. The Morgan fingerprint density at radius 3 is 2.71 bits per heavy atom. The average molecular weight is 386 g/mol. The van der Waals surface area contributed by atoms with Gasteiger partial charge >= 0.3 is 6.09 Å². The lowest BCUT2D eigenvalue weighted by Crippen LogP contribution is -2.42. The molecule has 0 saturated carbocycles. The molecule has 8 heteroatoms. The molecule has 0 bridgehead atoms. The summed E-state index contributed by atoms with van der Waals surface area (Å²) in [6.45, 7) is 6.08. The van der Waals surface area contributed by atoms with E-state index in [1.165, 1.54) is 0 Å². The predicted molar refractivity (Wildman–Crippen MR) is 103 cm³/mol. The van der Waals surface area contributed by atoms with Crippen molar-refractivity contribution in [1.29, 1.82) is 0 Å². The van der Waals surface area contributed by atoms with E-state index in [0.717, 1.165) is 19.3 Å². The van der Waals surface area contributed by atoms with Gasteiger partial charge in [0.2, 0.25) is 11.8 Å². The zero-order valence-electron chi connectivity index (χ0n) is 16.5. The molecule has 3 rings (SSSR count). The lowest BCUT2D eigenvalue weighted by Gasteiger charge is -2.34. The number of para-hydroxylation sites is 1. The van der Waals surface area contributed by atoms with Crippen LogP contribution in [0.4, 0.5) is 10.5 Å². The van der Waals surface area contributed by atoms with Gasteiger partial charge in [0.25, 0.3) is 0 Å². The third kappa shape index (κ3) is 5.31. The molecule has 1 saturated heterocycles. The molecule has 2 heterocycles. The van der Waals surface area contributed by atoms with E-state index in [0.29, 0.717) is 18.1 Å². The number of piperidine rings is 1. The molecular weight excluding hydrogens is 360 g/mol. The second-order valence-electron chi connectivity index (χ2n) is 7.83. The van der Waals surface area contributed by atoms with Crippen LogP contribution in [0.25, 0.3) is 0 Å². The van der Waals surface area contributed by atoms with Gasteiger partial charge in [0.1, 0.15) is 11.6 Å². The van der Waals surface area contributed by atoms with Crippen molar-refractivity contribution in [2.75, 3.05) is 11.9 Å². The van der Waals surface area contributed by atoms with E-state index in [1.54, 1.807) is 17.0 Å². The van der Waals surface area contributed by atoms with Gasteiger partial charge in [0, 0.05) is 12.2 Å². The topological polar surface area (TPSA) is 97.6 Å². The van der Waals surface area contributed by atoms with Crippen molar-refractivity contribution in [3.05, 3.63) is 42.0 Å². The van der Waals surface area contributed by atoms with Crippen molar-refractivity contribution in [3.8, 4) is 0 Å². The first-order chi connectivity index (χ1) is 13.3. The van der Waals surface area contributed by atoms with Gasteiger partial charge < -0.3 is 14.6 Å². The van der Waals surface area contributed by atoms with Gasteiger partial charge in [-0.1, -0.05) is 23.4 Å². The van der Waals surface area contributed by atoms with Crippen LogP contribution in [0.1, 0.15) is 57.8 Å². The number of hydrogen-bond donors (Lipinski definition) is 1. The van der Waals surface area contributed by atoms with Gasteiger partial charge in [0.15, 0.2) is 5.82 Å². The second-order valence-corrected chi connectivity index (χ2v) is 7.83. The van der Waals surface area contributed by atoms with Gasteiger partial charge in [-0.3, -0.25) is 9.69 Å². The zero-order valence-corrected chi connectivity index (χ0v) is 16.5. The highest BCUT2D eigenvalue weighted by molar-refractivity contribution is 5.91. The number of likely N-dealkylation sites (tertiary alicyclic amines) is 1. The number of carbonyl (C=O) groups excluding carboxylic acids is 2. The number of benzene rings is 1. The van der Waals surface area contributed by atoms with E-state index in [4.69, 9.17) is 9.26 Å². The number of amides is 2. The SMILES string of the molecule is CC(C)(C)OC(=O)N1CCCCC1c1nc(CC(=O)Nc2ccccc2)no1. The lowest BCUT2D eigenvalue weighted by atomic mass is 10.0. The van der Waals surface area contributed by atoms with Crippen molar-refractivity contribution < 1.29 is 18.8 Å². The normalized spacial score (nSPS) is 17.2. The van der Waals surface area contributed by atoms with Crippen LogP contribution in [0.2, 0.25) is 0 Å². The first-order valence-electron chi connectivity index (χ1n) is 9.49. The monoisotopic (exact) mass is 386 g/mol. The Labute approximate surface area is 164 Å². The number of hydrogen-bond acceptors (Lipinski definition) is 6. The van der Waals surface area contributed by atoms with Gasteiger partial charge in [-0.05, 0) is 52.2 Å². The van der Waals surface area contributed by atoms with Crippen LogP contribution in [-0.2, 0) is 16.0 Å². The van der Waals surface area contributed by atoms with Gasteiger partial charge in [0.05, 0.1) is 6.42 Å². The maximum absolute atomic E-state index is 12.5. The number of carbonyl (C=O) groups is 2. The Morgan fingerprint density at radius 2 is 2.00 bits per heavy atom. The molecule has 1 aliphatic rings. The second kappa shape index (κ2) is 8.41. The summed E-state index contributed by atoms with van der Waals surface area (Å²) in [5.74, 6) is 0.400. The van der Waals surface area contributed by atoms with Crippen molar-refractivity contribution in [3.63, 3.8) is 0 Å². The third-order valence-corrected chi connectivity index (χ3v) is 4.28. The molecular formula is C20H26N4O4. The minimum absolute atomic E-state index is 0.00243. The molecule has 2 aromatic rings. The summed E-state index contributed by atoms with van der Waals surface area (Å²) in [5, 5.41) is 6.70. The van der Waals surface area contributed by atoms with Crippen LogP contribution in [0, 0.1) is 0 Å². The quantitative estimate of drug-likeness (QED) is 0.860. The Kier molecular flexibility index (Phi) is 5.96. The van der Waals surface area contributed by atoms with Crippen molar-refractivity contribution in [1.82, 2.24) is 15.0 Å². The molecule has 150 valence electrons. The zero-order chi connectivity index (χ0) is 20.1. The maximum Gasteiger partial charge on any atom is 0.410 e. The molecule has 0 radical (unpaired) electrons. The molecule has 1 fully saturated rings. The van der Waals surface area contributed by atoms with E-state index in [-0.39, 0.29) is 24.2 Å². The average Bonchev–Trinajstić information content (AvgIpc) is 3.09. The molecule has 1 aliphatic heterocycles. The highest BCUT2D eigenvalue weighted by Gasteiger charge is 2.34. The minimum atomic E-state index is -0.575. The van der Waals surface area contributed by atoms with E-state index in [1.807, 2.05) is 39.0 Å². The number of aromatic nitrogens is 2. The highest BCUT2D eigenvalue weighted by atomic mass is 16.6. The number of anilines is 1. The number of nitrogens with zero attached hydrogens (tertiary/aromatic N) is 3. The van der Waals surface area contributed by atoms with Crippen LogP contribution in [0.15, 0.2) is 34.9 Å². The van der Waals surface area contributed by atoms with Crippen molar-refractivity contribution in [2.45, 2.75) is 58.1 Å². The van der Waals surface area contributed by atoms with E-state index >= 15 is 0 Å². The minimum Gasteiger partial charge on any atom is -0.444 e. The Bertz CT molecular complexity index is 813. The van der Waals surface area contributed by atoms with Gasteiger partial charge in [-0.25, -0.2) is 4.79 Å². The summed E-state index contributed by atoms with van der Waals surface area (Å²) in [5.41, 5.74) is 0.133. The van der Waals surface area contributed by atoms with Crippen LogP contribution >= 0.6 is 0 Å². The molecule has 1 aromatic carbocycles. The number of rotatable bonds is 4. The fourth-order valence-corrected chi connectivity index (χ4v) is 3.07. The molecule has 28 heavy (non-hydrogen) atoms. The third-order valence-electron chi connectivity index (χ3n) is 4.28. The molecule has 0 aliphatic carbocycles. The largest absolute Gasteiger partial charge is 0.444 e. The van der Waals surface area contributed by atoms with E-state index in [9.17, 15) is 9.59 Å². The Hall–Kier alpha value is -2.90. The van der Waals surface area contributed by atoms with Gasteiger partial charge in [-0.2, -0.15) is 4.98 Å². The summed E-state index contributed by atoms with van der Waals surface area (Å²) in [4.78, 5) is 30.7. The number of ether oxygens (including phenoxy) is 1. The molecule has 8 nitrogen and oxygen atoms in total. The standard InChI is InChI=1S/C20H26N4O4/c1-20(2,3)27-19(26)24-12-8-7-11-15(24)18-22-16(23-28-18)13-17(25)21-14-9-5-4-6-10-14/h4-6,9-10,15H,7-8,11-13H2,1-3H3,(H,21,25). The van der Waals surface area contributed by atoms with Gasteiger partial charge in [-0.15, -0.1) is 0 Å².